The van der Waals surface area contributed by atoms with Crippen LogP contribution in [0.3, 0.4) is 0 Å². The van der Waals surface area contributed by atoms with Crippen LogP contribution in [0.1, 0.15) is 37.0 Å². The first-order valence-corrected chi connectivity index (χ1v) is 12.2. The number of carbonyl (C=O) groups excluding carboxylic acids is 2. The van der Waals surface area contributed by atoms with E-state index in [1.807, 2.05) is 19.9 Å². The number of carbonyl (C=O) groups is 2. The zero-order valence-corrected chi connectivity index (χ0v) is 19.0. The summed E-state index contributed by atoms with van der Waals surface area (Å²) in [4.78, 5) is 26.6. The first-order chi connectivity index (χ1) is 15.2. The summed E-state index contributed by atoms with van der Waals surface area (Å²) in [7, 11) is -3.75. The van der Waals surface area contributed by atoms with Gasteiger partial charge in [0.05, 0.1) is 17.1 Å². The molecule has 2 saturated heterocycles. The van der Waals surface area contributed by atoms with Crippen LogP contribution >= 0.6 is 0 Å². The van der Waals surface area contributed by atoms with E-state index in [0.717, 1.165) is 12.1 Å². The average molecular weight is 458 g/mol. The highest BCUT2D eigenvalue weighted by molar-refractivity contribution is 7.89. The summed E-state index contributed by atoms with van der Waals surface area (Å²) >= 11 is 0. The molecule has 2 unspecified atom stereocenters. The van der Waals surface area contributed by atoms with Crippen molar-refractivity contribution in [2.45, 2.75) is 43.8 Å². The van der Waals surface area contributed by atoms with Gasteiger partial charge in [-0.25, -0.2) is 8.42 Å². The minimum absolute atomic E-state index is 0.0677. The first-order valence-electron chi connectivity index (χ1n) is 10.7. The molecule has 0 aromatic heterocycles. The number of rotatable bonds is 5. The van der Waals surface area contributed by atoms with Crippen LogP contribution in [-0.2, 0) is 19.6 Å². The minimum atomic E-state index is -3.75. The van der Waals surface area contributed by atoms with Crippen molar-refractivity contribution in [2.75, 3.05) is 29.9 Å². The molecule has 32 heavy (non-hydrogen) atoms. The molecule has 0 aliphatic carbocycles. The highest BCUT2D eigenvalue weighted by Gasteiger charge is 2.32. The smallest absolute Gasteiger partial charge is 0.255 e. The molecule has 0 saturated carbocycles. The normalized spacial score (nSPS) is 22.2. The number of sulfonamides is 1. The SMILES string of the molecule is CC1CN(S(=O)(=O)c2cccc(C(=O)Nc3cccc(N4CCCC4=O)c3)c2)CC(C)O1. The number of nitrogens with zero attached hydrogens (tertiary/aromatic N) is 2. The van der Waals surface area contributed by atoms with E-state index >= 15 is 0 Å². The fourth-order valence-corrected chi connectivity index (χ4v) is 5.79. The highest BCUT2D eigenvalue weighted by atomic mass is 32.2. The molecule has 2 fully saturated rings. The molecule has 2 atom stereocenters. The van der Waals surface area contributed by atoms with Gasteiger partial charge in [-0.05, 0) is 56.7 Å². The summed E-state index contributed by atoms with van der Waals surface area (Å²) in [6.07, 6.45) is 0.945. The zero-order valence-electron chi connectivity index (χ0n) is 18.2. The second kappa shape index (κ2) is 9.01. The molecule has 2 aromatic rings. The molecule has 2 aliphatic heterocycles. The average Bonchev–Trinajstić information content (AvgIpc) is 3.19. The number of anilines is 2. The molecule has 2 aromatic carbocycles. The molecule has 4 rings (SSSR count). The molecule has 2 aliphatic rings. The minimum Gasteiger partial charge on any atom is -0.373 e. The van der Waals surface area contributed by atoms with E-state index in [-0.39, 0.29) is 41.7 Å². The van der Waals surface area contributed by atoms with Gasteiger partial charge < -0.3 is 15.0 Å². The van der Waals surface area contributed by atoms with E-state index in [9.17, 15) is 18.0 Å². The molecular formula is C23H27N3O5S. The number of ether oxygens (including phenoxy) is 1. The van der Waals surface area contributed by atoms with Gasteiger partial charge in [-0.2, -0.15) is 4.31 Å². The van der Waals surface area contributed by atoms with Gasteiger partial charge in [0.2, 0.25) is 15.9 Å². The van der Waals surface area contributed by atoms with Gasteiger partial charge in [-0.15, -0.1) is 0 Å². The summed E-state index contributed by atoms with van der Waals surface area (Å²) in [6, 6.07) is 13.1. The highest BCUT2D eigenvalue weighted by Crippen LogP contribution is 2.25. The molecular weight excluding hydrogens is 430 g/mol. The predicted molar refractivity (Wildman–Crippen MR) is 121 cm³/mol. The summed E-state index contributed by atoms with van der Waals surface area (Å²) in [5.74, 6) is -0.353. The zero-order chi connectivity index (χ0) is 22.9. The van der Waals surface area contributed by atoms with E-state index in [0.29, 0.717) is 18.7 Å². The number of amides is 2. The number of hydrogen-bond acceptors (Lipinski definition) is 5. The Kier molecular flexibility index (Phi) is 6.32. The lowest BCUT2D eigenvalue weighted by molar-refractivity contribution is -0.117. The lowest BCUT2D eigenvalue weighted by Gasteiger charge is -2.34. The second-order valence-electron chi connectivity index (χ2n) is 8.26. The Morgan fingerprint density at radius 1 is 1.06 bits per heavy atom. The van der Waals surface area contributed by atoms with Crippen LogP contribution in [0, 0.1) is 0 Å². The van der Waals surface area contributed by atoms with Gasteiger partial charge in [0.25, 0.3) is 5.91 Å². The molecule has 0 bridgehead atoms. The molecule has 9 heteroatoms. The number of benzene rings is 2. The summed E-state index contributed by atoms with van der Waals surface area (Å²) in [6.45, 7) is 4.88. The Morgan fingerprint density at radius 2 is 1.78 bits per heavy atom. The van der Waals surface area contributed by atoms with Gasteiger partial charge >= 0.3 is 0 Å². The summed E-state index contributed by atoms with van der Waals surface area (Å²) in [5, 5.41) is 2.80. The second-order valence-corrected chi connectivity index (χ2v) is 10.2. The summed E-state index contributed by atoms with van der Waals surface area (Å²) in [5.41, 5.74) is 1.51. The lowest BCUT2D eigenvalue weighted by atomic mass is 10.2. The van der Waals surface area contributed by atoms with Crippen molar-refractivity contribution in [3.8, 4) is 0 Å². The number of nitrogens with one attached hydrogen (secondary N) is 1. The van der Waals surface area contributed by atoms with E-state index < -0.39 is 15.9 Å². The first kappa shape index (κ1) is 22.4. The Labute approximate surface area is 188 Å². The topological polar surface area (TPSA) is 96.0 Å². The van der Waals surface area contributed by atoms with Gasteiger partial charge in [-0.1, -0.05) is 12.1 Å². The van der Waals surface area contributed by atoms with Crippen molar-refractivity contribution >= 4 is 33.2 Å². The maximum absolute atomic E-state index is 13.1. The fourth-order valence-electron chi connectivity index (χ4n) is 4.15. The van der Waals surface area contributed by atoms with Crippen LogP contribution in [0.5, 0.6) is 0 Å². The molecule has 2 amide bonds. The van der Waals surface area contributed by atoms with E-state index in [1.165, 1.54) is 16.4 Å². The van der Waals surface area contributed by atoms with Crippen LogP contribution in [0.25, 0.3) is 0 Å². The van der Waals surface area contributed by atoms with Crippen molar-refractivity contribution in [1.82, 2.24) is 4.31 Å². The number of hydrogen-bond donors (Lipinski definition) is 1. The van der Waals surface area contributed by atoms with Crippen molar-refractivity contribution in [3.05, 3.63) is 54.1 Å². The Hall–Kier alpha value is -2.75. The van der Waals surface area contributed by atoms with Crippen molar-refractivity contribution in [3.63, 3.8) is 0 Å². The van der Waals surface area contributed by atoms with Crippen LogP contribution in [0.15, 0.2) is 53.4 Å². The van der Waals surface area contributed by atoms with Gasteiger partial charge in [-0.3, -0.25) is 9.59 Å². The Bertz CT molecular complexity index is 1120. The Balaban J connectivity index is 1.52. The van der Waals surface area contributed by atoms with Crippen molar-refractivity contribution < 1.29 is 22.7 Å². The van der Waals surface area contributed by atoms with Crippen molar-refractivity contribution in [2.24, 2.45) is 0 Å². The Morgan fingerprint density at radius 3 is 2.47 bits per heavy atom. The largest absolute Gasteiger partial charge is 0.373 e. The maximum atomic E-state index is 13.1. The van der Waals surface area contributed by atoms with E-state index in [4.69, 9.17) is 4.74 Å². The van der Waals surface area contributed by atoms with Gasteiger partial charge in [0.15, 0.2) is 0 Å². The monoisotopic (exact) mass is 457 g/mol. The van der Waals surface area contributed by atoms with Gasteiger partial charge in [0.1, 0.15) is 0 Å². The van der Waals surface area contributed by atoms with E-state index in [1.54, 1.807) is 35.2 Å². The van der Waals surface area contributed by atoms with Crippen LogP contribution < -0.4 is 10.2 Å². The molecule has 8 nitrogen and oxygen atoms in total. The van der Waals surface area contributed by atoms with Crippen LogP contribution in [-0.4, -0.2) is 56.4 Å². The number of morpholine rings is 1. The van der Waals surface area contributed by atoms with Crippen LogP contribution in [0.2, 0.25) is 0 Å². The lowest BCUT2D eigenvalue weighted by Crippen LogP contribution is -2.48. The fraction of sp³-hybridized carbons (Fsp3) is 0.391. The molecule has 0 radical (unpaired) electrons. The van der Waals surface area contributed by atoms with Crippen LogP contribution in [0.4, 0.5) is 11.4 Å². The summed E-state index contributed by atoms with van der Waals surface area (Å²) < 4.78 is 33.3. The third-order valence-electron chi connectivity index (χ3n) is 5.61. The molecule has 0 spiro atoms. The quantitative estimate of drug-likeness (QED) is 0.745. The predicted octanol–water partition coefficient (Wildman–Crippen LogP) is 2.86. The standard InChI is InChI=1S/C23H27N3O5S/c1-16-14-25(15-17(2)31-16)32(29,30)21-9-3-6-18(12-21)23(28)24-19-7-4-8-20(13-19)26-11-5-10-22(26)27/h3-4,6-9,12-13,16-17H,5,10-11,14-15H2,1-2H3,(H,24,28). The molecule has 2 heterocycles. The maximum Gasteiger partial charge on any atom is 0.255 e. The third kappa shape index (κ3) is 4.69. The van der Waals surface area contributed by atoms with Gasteiger partial charge in [0, 0.05) is 43.0 Å². The molecule has 170 valence electrons. The van der Waals surface area contributed by atoms with E-state index in [2.05, 4.69) is 5.32 Å². The third-order valence-corrected chi connectivity index (χ3v) is 7.44. The van der Waals surface area contributed by atoms with Crippen molar-refractivity contribution in [1.29, 1.82) is 0 Å². The molecule has 1 N–H and O–H groups in total.